The monoisotopic (exact) mass is 312 g/mol. The van der Waals surface area contributed by atoms with Crippen molar-refractivity contribution in [3.05, 3.63) is 57.8 Å². The lowest BCUT2D eigenvalue weighted by atomic mass is 9.99. The van der Waals surface area contributed by atoms with Crippen molar-refractivity contribution in [2.45, 2.75) is 20.0 Å². The summed E-state index contributed by atoms with van der Waals surface area (Å²) < 4.78 is 5.66. The maximum absolute atomic E-state index is 12.8. The lowest BCUT2D eigenvalue weighted by molar-refractivity contribution is 0.224. The highest BCUT2D eigenvalue weighted by Gasteiger charge is 2.20. The third kappa shape index (κ3) is 2.45. The Hall–Kier alpha value is -2.79. The molecular weight excluding hydrogens is 296 g/mol. The summed E-state index contributed by atoms with van der Waals surface area (Å²) >= 11 is 0. The third-order valence-electron chi connectivity index (χ3n) is 3.65. The molecule has 0 saturated carbocycles. The molecule has 0 aliphatic carbocycles. The molecule has 3 aromatic rings. The number of fused-ring (bicyclic) bond motifs is 2. The Morgan fingerprint density at radius 1 is 1.04 bits per heavy atom. The van der Waals surface area contributed by atoms with Crippen molar-refractivity contribution in [1.29, 1.82) is 0 Å². The fraction of sp³-hybridized carbons (Fsp3) is 0.167. The third-order valence-corrected chi connectivity index (χ3v) is 3.65. The Labute approximate surface area is 131 Å². The van der Waals surface area contributed by atoms with Gasteiger partial charge in [0.2, 0.25) is 5.43 Å². The van der Waals surface area contributed by atoms with E-state index in [0.29, 0.717) is 0 Å². The van der Waals surface area contributed by atoms with Gasteiger partial charge in [-0.05, 0) is 38.1 Å². The van der Waals surface area contributed by atoms with Crippen LogP contribution in [-0.4, -0.2) is 15.3 Å². The number of benzene rings is 2. The van der Waals surface area contributed by atoms with Crippen LogP contribution in [0.1, 0.15) is 25.5 Å². The van der Waals surface area contributed by atoms with Crippen LogP contribution in [0.4, 0.5) is 0 Å². The van der Waals surface area contributed by atoms with Gasteiger partial charge in [-0.1, -0.05) is 17.7 Å². The fourth-order valence-electron chi connectivity index (χ4n) is 2.68. The molecule has 1 unspecified atom stereocenters. The zero-order valence-electron chi connectivity index (χ0n) is 12.7. The molecule has 0 saturated heterocycles. The van der Waals surface area contributed by atoms with Gasteiger partial charge in [-0.3, -0.25) is 4.79 Å². The first kappa shape index (κ1) is 15.1. The molecule has 118 valence electrons. The van der Waals surface area contributed by atoms with Crippen LogP contribution in [-0.2, 0) is 0 Å². The maximum Gasteiger partial charge on any atom is 0.204 e. The van der Waals surface area contributed by atoms with E-state index in [1.807, 2.05) is 0 Å². The van der Waals surface area contributed by atoms with E-state index in [2.05, 4.69) is 0 Å². The van der Waals surface area contributed by atoms with Crippen LogP contribution in [0.15, 0.2) is 51.2 Å². The van der Waals surface area contributed by atoms with Crippen molar-refractivity contribution in [1.82, 2.24) is 0 Å². The van der Waals surface area contributed by atoms with Gasteiger partial charge in [0, 0.05) is 5.56 Å². The van der Waals surface area contributed by atoms with Gasteiger partial charge in [-0.15, -0.1) is 0 Å². The van der Waals surface area contributed by atoms with E-state index in [9.17, 15) is 20.1 Å². The average molecular weight is 312 g/mol. The highest BCUT2D eigenvalue weighted by Crippen LogP contribution is 2.34. The number of allylic oxidation sites excluding steroid dienone is 1. The summed E-state index contributed by atoms with van der Waals surface area (Å²) in [6, 6.07) is 7.38. The normalized spacial score (nSPS) is 12.5. The van der Waals surface area contributed by atoms with Crippen molar-refractivity contribution in [2.24, 2.45) is 0 Å². The van der Waals surface area contributed by atoms with E-state index >= 15 is 0 Å². The molecule has 1 atom stereocenters. The Balaban J connectivity index is 2.50. The summed E-state index contributed by atoms with van der Waals surface area (Å²) in [6.07, 6.45) is 0.373. The molecule has 5 heteroatoms. The fourth-order valence-corrected chi connectivity index (χ4v) is 2.68. The Morgan fingerprint density at radius 2 is 1.74 bits per heavy atom. The van der Waals surface area contributed by atoms with E-state index < -0.39 is 11.5 Å². The average Bonchev–Trinajstić information content (AvgIpc) is 2.47. The van der Waals surface area contributed by atoms with Gasteiger partial charge >= 0.3 is 0 Å². The summed E-state index contributed by atoms with van der Waals surface area (Å²) in [5, 5.41) is 30.5. The molecule has 0 spiro atoms. The smallest absolute Gasteiger partial charge is 0.204 e. The number of phenols is 2. The number of hydrogen-bond donors (Lipinski definition) is 3. The molecule has 3 N–H and O–H groups in total. The zero-order valence-corrected chi connectivity index (χ0v) is 12.7. The van der Waals surface area contributed by atoms with Crippen LogP contribution < -0.4 is 5.43 Å². The van der Waals surface area contributed by atoms with Crippen molar-refractivity contribution in [3.63, 3.8) is 0 Å². The number of aliphatic hydroxyl groups is 1. The van der Waals surface area contributed by atoms with Crippen molar-refractivity contribution >= 4 is 21.9 Å². The summed E-state index contributed by atoms with van der Waals surface area (Å²) in [5.74, 6) is -0.409. The van der Waals surface area contributed by atoms with E-state index in [-0.39, 0.29) is 39.0 Å². The number of rotatable bonds is 2. The van der Waals surface area contributed by atoms with Crippen molar-refractivity contribution in [2.75, 3.05) is 0 Å². The Kier molecular flexibility index (Phi) is 3.58. The second kappa shape index (κ2) is 5.44. The summed E-state index contributed by atoms with van der Waals surface area (Å²) in [6.45, 7) is 3.60. The highest BCUT2D eigenvalue weighted by atomic mass is 16.3. The molecule has 3 rings (SSSR count). The largest absolute Gasteiger partial charge is 0.508 e. The van der Waals surface area contributed by atoms with Crippen LogP contribution in [0.2, 0.25) is 0 Å². The zero-order chi connectivity index (χ0) is 16.7. The van der Waals surface area contributed by atoms with E-state index in [0.717, 1.165) is 5.57 Å². The first-order chi connectivity index (χ1) is 10.9. The van der Waals surface area contributed by atoms with E-state index in [1.54, 1.807) is 26.0 Å². The van der Waals surface area contributed by atoms with Crippen molar-refractivity contribution < 1.29 is 19.7 Å². The molecule has 23 heavy (non-hydrogen) atoms. The van der Waals surface area contributed by atoms with Gasteiger partial charge in [0.05, 0.1) is 5.39 Å². The lowest BCUT2D eigenvalue weighted by Crippen LogP contribution is -2.08. The van der Waals surface area contributed by atoms with Crippen LogP contribution in [0.5, 0.6) is 11.5 Å². The maximum atomic E-state index is 12.8. The van der Waals surface area contributed by atoms with Crippen LogP contribution in [0.3, 0.4) is 0 Å². The predicted molar refractivity (Wildman–Crippen MR) is 87.7 cm³/mol. The summed E-state index contributed by atoms with van der Waals surface area (Å²) in [4.78, 5) is 12.8. The number of phenolic OH excluding ortho intramolecular Hbond substituents is 2. The van der Waals surface area contributed by atoms with E-state index in [4.69, 9.17) is 4.42 Å². The molecule has 0 fully saturated rings. The van der Waals surface area contributed by atoms with Gasteiger partial charge in [0.15, 0.2) is 0 Å². The Morgan fingerprint density at radius 3 is 2.43 bits per heavy atom. The molecule has 2 aromatic carbocycles. The van der Waals surface area contributed by atoms with Gasteiger partial charge in [0.25, 0.3) is 0 Å². The van der Waals surface area contributed by atoms with Crippen LogP contribution >= 0.6 is 0 Å². The van der Waals surface area contributed by atoms with Gasteiger partial charge in [-0.25, -0.2) is 0 Å². The highest BCUT2D eigenvalue weighted by molar-refractivity contribution is 5.95. The minimum atomic E-state index is -1.16. The standard InChI is InChI=1S/C18H16O5/c1-9(2)8-12(21)15-11(20)6-7-14-17(15)18(22)16-10(19)4-3-5-13(16)23-14/h3-8,12,19-21H,1-2H3. The van der Waals surface area contributed by atoms with Crippen molar-refractivity contribution in [3.8, 4) is 11.5 Å². The SMILES string of the molecule is CC(C)=CC(O)c1c(O)ccc2oc3cccc(O)c3c(=O)c12. The van der Waals surface area contributed by atoms with Gasteiger partial charge in [-0.2, -0.15) is 0 Å². The predicted octanol–water partition coefficient (Wildman–Crippen LogP) is 3.36. The van der Waals surface area contributed by atoms with Gasteiger partial charge < -0.3 is 19.7 Å². The van der Waals surface area contributed by atoms with E-state index in [1.165, 1.54) is 24.3 Å². The molecular formula is C18H16O5. The molecule has 0 radical (unpaired) electrons. The molecule has 1 aromatic heterocycles. The van der Waals surface area contributed by atoms with Crippen LogP contribution in [0, 0.1) is 0 Å². The number of aromatic hydroxyl groups is 2. The quantitative estimate of drug-likeness (QED) is 0.498. The second-order valence-corrected chi connectivity index (χ2v) is 5.64. The summed E-state index contributed by atoms with van der Waals surface area (Å²) in [7, 11) is 0. The molecule has 5 nitrogen and oxygen atoms in total. The number of aliphatic hydroxyl groups excluding tert-OH is 1. The number of hydrogen-bond acceptors (Lipinski definition) is 5. The van der Waals surface area contributed by atoms with Crippen LogP contribution in [0.25, 0.3) is 21.9 Å². The molecule has 0 aliphatic heterocycles. The van der Waals surface area contributed by atoms with Gasteiger partial charge in [0.1, 0.15) is 34.2 Å². The minimum Gasteiger partial charge on any atom is -0.508 e. The first-order valence-electron chi connectivity index (χ1n) is 7.13. The summed E-state index contributed by atoms with van der Waals surface area (Å²) in [5.41, 5.74) is 0.897. The molecule has 0 amide bonds. The topological polar surface area (TPSA) is 90.9 Å². The second-order valence-electron chi connectivity index (χ2n) is 5.64. The lowest BCUT2D eigenvalue weighted by Gasteiger charge is -2.13. The molecule has 0 aliphatic rings. The Bertz CT molecular complexity index is 994. The minimum absolute atomic E-state index is 0.0243. The molecule has 0 bridgehead atoms. The molecule has 1 heterocycles. The first-order valence-corrected chi connectivity index (χ1v) is 7.13.